The van der Waals surface area contributed by atoms with E-state index in [2.05, 4.69) is 5.32 Å². The average Bonchev–Trinajstić information content (AvgIpc) is 2.84. The highest BCUT2D eigenvalue weighted by atomic mass is 16.6. The largest absolute Gasteiger partial charge is 0.442 e. The zero-order chi connectivity index (χ0) is 16.1. The van der Waals surface area contributed by atoms with E-state index in [0.717, 1.165) is 6.20 Å². The molecule has 1 heterocycles. The summed E-state index contributed by atoms with van der Waals surface area (Å²) in [5, 5.41) is 12.9. The molecule has 0 aliphatic carbocycles. The Bertz CT molecular complexity index is 611. The fourth-order valence-corrected chi connectivity index (χ4v) is 2.01. The third-order valence-corrected chi connectivity index (χ3v) is 3.05. The molecule has 0 aromatic heterocycles. The van der Waals surface area contributed by atoms with Gasteiger partial charge < -0.3 is 10.1 Å². The fourth-order valence-electron chi connectivity index (χ4n) is 2.01. The van der Waals surface area contributed by atoms with Gasteiger partial charge in [-0.2, -0.15) is 0 Å². The van der Waals surface area contributed by atoms with Gasteiger partial charge >= 0.3 is 6.09 Å². The van der Waals surface area contributed by atoms with Crippen molar-refractivity contribution in [3.05, 3.63) is 46.1 Å². The van der Waals surface area contributed by atoms with Crippen molar-refractivity contribution in [1.82, 2.24) is 5.32 Å². The highest BCUT2D eigenvalue weighted by Crippen LogP contribution is 2.22. The Balaban J connectivity index is 2.01. The summed E-state index contributed by atoms with van der Waals surface area (Å²) in [5.74, 6) is -0.184. The van der Waals surface area contributed by atoms with Crippen LogP contribution in [0.5, 0.6) is 0 Å². The van der Waals surface area contributed by atoms with Crippen LogP contribution in [0.15, 0.2) is 30.5 Å². The number of cyclic esters (lactones) is 1. The van der Waals surface area contributed by atoms with Gasteiger partial charge in [-0.05, 0) is 17.7 Å². The Kier molecular flexibility index (Phi) is 4.72. The van der Waals surface area contributed by atoms with Crippen LogP contribution in [-0.2, 0) is 9.53 Å². The molecule has 1 aromatic rings. The van der Waals surface area contributed by atoms with E-state index in [4.69, 9.17) is 4.74 Å². The maximum atomic E-state index is 11.8. The highest BCUT2D eigenvalue weighted by Gasteiger charge is 2.32. The van der Waals surface area contributed by atoms with Crippen molar-refractivity contribution in [1.29, 1.82) is 0 Å². The first-order valence-electron chi connectivity index (χ1n) is 6.60. The number of amides is 2. The van der Waals surface area contributed by atoms with Crippen LogP contribution in [0.25, 0.3) is 6.08 Å². The number of hydrogen-bond acceptors (Lipinski definition) is 5. The molecule has 2 rings (SSSR count). The van der Waals surface area contributed by atoms with Crippen molar-refractivity contribution in [3.8, 4) is 0 Å². The molecule has 1 aliphatic rings. The van der Waals surface area contributed by atoms with Gasteiger partial charge in [-0.15, -0.1) is 0 Å². The third kappa shape index (κ3) is 4.05. The number of hydrogen-bond donors (Lipinski definition) is 1. The summed E-state index contributed by atoms with van der Waals surface area (Å²) < 4.78 is 5.16. The summed E-state index contributed by atoms with van der Waals surface area (Å²) in [6, 6.07) is 6.71. The van der Waals surface area contributed by atoms with Gasteiger partial charge in [-0.1, -0.05) is 12.1 Å². The molecule has 8 nitrogen and oxygen atoms in total. The first kappa shape index (κ1) is 15.5. The van der Waals surface area contributed by atoms with Gasteiger partial charge in [0.2, 0.25) is 12.1 Å². The van der Waals surface area contributed by atoms with Crippen molar-refractivity contribution in [2.75, 3.05) is 18.0 Å². The molecule has 1 aromatic carbocycles. The van der Waals surface area contributed by atoms with E-state index in [1.54, 1.807) is 24.3 Å². The fraction of sp³-hybridized carbons (Fsp3) is 0.286. The Morgan fingerprint density at radius 2 is 2.18 bits per heavy atom. The molecule has 0 spiro atoms. The van der Waals surface area contributed by atoms with Gasteiger partial charge in [0.05, 0.1) is 18.0 Å². The Hall–Kier alpha value is -2.90. The third-order valence-electron chi connectivity index (χ3n) is 3.05. The molecule has 0 radical (unpaired) electrons. The van der Waals surface area contributed by atoms with E-state index in [1.165, 1.54) is 17.9 Å². The molecular weight excluding hydrogens is 290 g/mol. The number of anilines is 1. The van der Waals surface area contributed by atoms with Crippen molar-refractivity contribution >= 4 is 23.8 Å². The summed E-state index contributed by atoms with van der Waals surface area (Å²) in [7, 11) is 0. The van der Waals surface area contributed by atoms with Crippen LogP contribution >= 0.6 is 0 Å². The first-order chi connectivity index (χ1) is 10.5. The van der Waals surface area contributed by atoms with Crippen molar-refractivity contribution in [3.63, 3.8) is 0 Å². The molecule has 2 amide bonds. The Morgan fingerprint density at radius 3 is 2.77 bits per heavy atom. The van der Waals surface area contributed by atoms with E-state index in [0.29, 0.717) is 17.8 Å². The lowest BCUT2D eigenvalue weighted by Gasteiger charge is -2.13. The molecule has 0 saturated carbocycles. The molecule has 0 bridgehead atoms. The smallest absolute Gasteiger partial charge is 0.414 e. The van der Waals surface area contributed by atoms with Gasteiger partial charge in [0.1, 0.15) is 6.10 Å². The maximum Gasteiger partial charge on any atom is 0.414 e. The van der Waals surface area contributed by atoms with E-state index < -0.39 is 17.1 Å². The van der Waals surface area contributed by atoms with Crippen LogP contribution in [0.1, 0.15) is 12.5 Å². The van der Waals surface area contributed by atoms with Gasteiger partial charge in [0, 0.05) is 18.7 Å². The maximum absolute atomic E-state index is 11.8. The van der Waals surface area contributed by atoms with Crippen LogP contribution in [0, 0.1) is 10.1 Å². The van der Waals surface area contributed by atoms with E-state index in [9.17, 15) is 19.7 Å². The molecule has 1 unspecified atom stereocenters. The molecule has 1 saturated heterocycles. The number of nitrogens with zero attached hydrogens (tertiary/aromatic N) is 2. The lowest BCUT2D eigenvalue weighted by Crippen LogP contribution is -2.33. The molecular formula is C14H15N3O5. The van der Waals surface area contributed by atoms with Gasteiger partial charge in [0.25, 0.3) is 0 Å². The summed E-state index contributed by atoms with van der Waals surface area (Å²) in [6.07, 6.45) is 1.34. The predicted octanol–water partition coefficient (Wildman–Crippen LogP) is 1.40. The number of benzene rings is 1. The number of nitrogens with one attached hydrogen (secondary N) is 1. The second-order valence-electron chi connectivity index (χ2n) is 4.75. The van der Waals surface area contributed by atoms with Crippen molar-refractivity contribution < 1.29 is 19.2 Å². The van der Waals surface area contributed by atoms with E-state index >= 15 is 0 Å². The minimum Gasteiger partial charge on any atom is -0.442 e. The van der Waals surface area contributed by atoms with Crippen LogP contribution in [0.2, 0.25) is 0 Å². The minimum atomic E-state index is -0.543. The van der Waals surface area contributed by atoms with Crippen molar-refractivity contribution in [2.24, 2.45) is 0 Å². The van der Waals surface area contributed by atoms with Gasteiger partial charge in [-0.25, -0.2) is 4.79 Å². The first-order valence-corrected chi connectivity index (χ1v) is 6.60. The number of nitro groups is 1. The molecule has 1 aliphatic heterocycles. The van der Waals surface area contributed by atoms with Crippen LogP contribution in [-0.4, -0.2) is 36.1 Å². The SMILES string of the molecule is CC(=O)NCC1CN(c2ccc(/C=C/[N+](=O)[O-])cc2)C(=O)O1. The zero-order valence-corrected chi connectivity index (χ0v) is 11.9. The summed E-state index contributed by atoms with van der Waals surface area (Å²) in [6.45, 7) is 2.00. The molecule has 1 fully saturated rings. The number of carbonyl (C=O) groups excluding carboxylic acids is 2. The molecule has 1 N–H and O–H groups in total. The second kappa shape index (κ2) is 6.70. The van der Waals surface area contributed by atoms with Gasteiger partial charge in [0.15, 0.2) is 0 Å². The van der Waals surface area contributed by atoms with E-state index in [-0.39, 0.29) is 12.5 Å². The Labute approximate surface area is 126 Å². The summed E-state index contributed by atoms with van der Waals surface area (Å²) in [4.78, 5) is 33.8. The standard InChI is InChI=1S/C14H15N3O5/c1-10(18)15-8-13-9-16(14(19)22-13)12-4-2-11(3-5-12)6-7-17(20)21/h2-7,13H,8-9H2,1H3,(H,15,18)/b7-6+. The highest BCUT2D eigenvalue weighted by molar-refractivity contribution is 5.90. The van der Waals surface area contributed by atoms with E-state index in [1.807, 2.05) is 0 Å². The number of rotatable bonds is 5. The molecule has 116 valence electrons. The predicted molar refractivity (Wildman–Crippen MR) is 78.8 cm³/mol. The van der Waals surface area contributed by atoms with Gasteiger partial charge in [-0.3, -0.25) is 19.8 Å². The summed E-state index contributed by atoms with van der Waals surface area (Å²) >= 11 is 0. The number of carbonyl (C=O) groups is 2. The quantitative estimate of drug-likeness (QED) is 0.654. The topological polar surface area (TPSA) is 102 Å². The zero-order valence-electron chi connectivity index (χ0n) is 11.9. The summed E-state index contributed by atoms with van der Waals surface area (Å²) in [5.41, 5.74) is 1.29. The lowest BCUT2D eigenvalue weighted by molar-refractivity contribution is -0.400. The minimum absolute atomic E-state index is 0.184. The normalized spacial score (nSPS) is 17.6. The lowest BCUT2D eigenvalue weighted by atomic mass is 10.2. The average molecular weight is 305 g/mol. The molecule has 1 atom stereocenters. The Morgan fingerprint density at radius 1 is 1.50 bits per heavy atom. The molecule has 8 heteroatoms. The van der Waals surface area contributed by atoms with Crippen molar-refractivity contribution in [2.45, 2.75) is 13.0 Å². The van der Waals surface area contributed by atoms with Crippen LogP contribution < -0.4 is 10.2 Å². The second-order valence-corrected chi connectivity index (χ2v) is 4.75. The van der Waals surface area contributed by atoms with Crippen LogP contribution in [0.3, 0.4) is 0 Å². The monoisotopic (exact) mass is 305 g/mol. The molecule has 22 heavy (non-hydrogen) atoms. The number of ether oxygens (including phenoxy) is 1. The van der Waals surface area contributed by atoms with Crippen LogP contribution in [0.4, 0.5) is 10.5 Å².